The molecule has 0 atom stereocenters. The van der Waals surface area contributed by atoms with Crippen molar-refractivity contribution in [3.63, 3.8) is 0 Å². The van der Waals surface area contributed by atoms with Gasteiger partial charge in [0, 0.05) is 40.2 Å². The van der Waals surface area contributed by atoms with Crippen molar-refractivity contribution < 1.29 is 25.8 Å². The summed E-state index contributed by atoms with van der Waals surface area (Å²) in [6, 6.07) is 52.6. The summed E-state index contributed by atoms with van der Waals surface area (Å²) in [7, 11) is 0. The second kappa shape index (κ2) is 13.3. The zero-order valence-corrected chi connectivity index (χ0v) is 29.7. The monoisotopic (exact) mass is 814 g/mol. The number of pyridine rings is 2. The van der Waals surface area contributed by atoms with Gasteiger partial charge in [0.15, 0.2) is 0 Å². The summed E-state index contributed by atoms with van der Waals surface area (Å²) >= 11 is 0. The van der Waals surface area contributed by atoms with Crippen LogP contribution in [0.3, 0.4) is 0 Å². The quantitative estimate of drug-likeness (QED) is 0.157. The summed E-state index contributed by atoms with van der Waals surface area (Å²) < 4.78 is 8.59. The van der Waals surface area contributed by atoms with Crippen LogP contribution in [0.1, 0.15) is 26.3 Å². The van der Waals surface area contributed by atoms with Gasteiger partial charge in [0.1, 0.15) is 0 Å². The van der Waals surface area contributed by atoms with E-state index in [1.165, 1.54) is 22.1 Å². The first kappa shape index (κ1) is 32.2. The van der Waals surface area contributed by atoms with Crippen molar-refractivity contribution in [1.29, 1.82) is 0 Å². The number of nitrogens with zero attached hydrogens (tertiary/aromatic N) is 3. The molecule has 0 saturated carbocycles. The predicted molar refractivity (Wildman–Crippen MR) is 196 cm³/mol. The van der Waals surface area contributed by atoms with Crippen LogP contribution in [-0.2, 0) is 26.5 Å². The van der Waals surface area contributed by atoms with Gasteiger partial charge in [-0.15, -0.1) is 47.5 Å². The van der Waals surface area contributed by atoms with Crippen molar-refractivity contribution in [2.24, 2.45) is 0 Å². The van der Waals surface area contributed by atoms with Gasteiger partial charge in [-0.3, -0.25) is 0 Å². The maximum absolute atomic E-state index is 6.24. The normalized spacial score (nSPS) is 11.4. The molecule has 3 heterocycles. The molecule has 0 aliphatic heterocycles. The number of hydrogen-bond acceptors (Lipinski definition) is 3. The third-order valence-corrected chi connectivity index (χ3v) is 8.72. The average molecular weight is 815 g/mol. The van der Waals surface area contributed by atoms with Crippen LogP contribution in [-0.4, -0.2) is 14.5 Å². The van der Waals surface area contributed by atoms with Crippen LogP contribution in [0.2, 0.25) is 0 Å². The fourth-order valence-corrected chi connectivity index (χ4v) is 6.28. The predicted octanol–water partition coefficient (Wildman–Crippen LogP) is 11.3. The number of rotatable bonds is 6. The minimum absolute atomic E-state index is 0. The van der Waals surface area contributed by atoms with E-state index < -0.39 is 0 Å². The Bertz CT molecular complexity index is 2410. The number of aromatic nitrogens is 3. The number of fused-ring (bicyclic) bond motifs is 3. The number of hydrogen-bond donors (Lipinski definition) is 0. The molecule has 240 valence electrons. The average Bonchev–Trinajstić information content (AvgIpc) is 3.45. The van der Waals surface area contributed by atoms with Crippen molar-refractivity contribution in [1.82, 2.24) is 14.5 Å². The molecule has 0 N–H and O–H groups in total. The first-order valence-corrected chi connectivity index (χ1v) is 16.2. The maximum Gasteiger partial charge on any atom is 2.00 e. The van der Waals surface area contributed by atoms with E-state index >= 15 is 0 Å². The zero-order chi connectivity index (χ0) is 32.7. The summed E-state index contributed by atoms with van der Waals surface area (Å²) in [4.78, 5) is 9.44. The standard InChI is InChI=1S/C44H33N3O.Pt/c1-44(2,3)33-22-23-42(37(27-33)30-13-5-4-6-14-30)47-41-21-8-7-19-36(41)38-28-40(46-29-43(38)47)32-16-12-18-35(26-32)48-34-17-11-15-31(25-34)39-20-9-10-24-45-39;/h4-24,27-29H,1-3H3;/q-2;+2. The molecule has 5 aromatic carbocycles. The molecule has 0 fully saturated rings. The van der Waals surface area contributed by atoms with Gasteiger partial charge >= 0.3 is 21.1 Å². The van der Waals surface area contributed by atoms with Gasteiger partial charge in [0.25, 0.3) is 0 Å². The van der Waals surface area contributed by atoms with E-state index in [2.05, 4.69) is 121 Å². The van der Waals surface area contributed by atoms with E-state index in [0.717, 1.165) is 44.6 Å². The van der Waals surface area contributed by atoms with E-state index in [9.17, 15) is 0 Å². The molecule has 0 unspecified atom stereocenters. The Morgan fingerprint density at radius 1 is 0.592 bits per heavy atom. The second-order valence-corrected chi connectivity index (χ2v) is 13.0. The van der Waals surface area contributed by atoms with Gasteiger partial charge in [0.05, 0.1) is 16.7 Å². The van der Waals surface area contributed by atoms with Gasteiger partial charge in [-0.25, -0.2) is 0 Å². The van der Waals surface area contributed by atoms with Crippen LogP contribution >= 0.6 is 0 Å². The number of ether oxygens (including phenoxy) is 1. The zero-order valence-electron chi connectivity index (χ0n) is 27.4. The summed E-state index contributed by atoms with van der Waals surface area (Å²) in [5.74, 6) is 1.20. The Morgan fingerprint density at radius 2 is 1.29 bits per heavy atom. The van der Waals surface area contributed by atoms with E-state index in [1.54, 1.807) is 6.20 Å². The van der Waals surface area contributed by atoms with Gasteiger partial charge in [-0.05, 0) is 52.2 Å². The largest absolute Gasteiger partial charge is 2.00 e. The summed E-state index contributed by atoms with van der Waals surface area (Å²) in [5, 5.41) is 2.30. The van der Waals surface area contributed by atoms with E-state index in [4.69, 9.17) is 9.72 Å². The Morgan fingerprint density at radius 3 is 2.00 bits per heavy atom. The van der Waals surface area contributed by atoms with Crippen molar-refractivity contribution >= 4 is 21.8 Å². The van der Waals surface area contributed by atoms with Gasteiger partial charge in [0.2, 0.25) is 0 Å². The fourth-order valence-electron chi connectivity index (χ4n) is 6.28. The first-order chi connectivity index (χ1) is 23.4. The summed E-state index contributed by atoms with van der Waals surface area (Å²) in [6.07, 6.45) is 3.77. The minimum Gasteiger partial charge on any atom is -0.497 e. The molecule has 3 aromatic heterocycles. The SMILES string of the molecule is CC(C)(C)c1ccc(-n2c3ccccc3c3cc(-c4[c-]c(Oc5[c-]c(-c6ccccn6)ccc5)ccc4)ncc32)c(-c2ccccc2)c1.[Pt+2]. The maximum atomic E-state index is 6.24. The van der Waals surface area contributed by atoms with Crippen LogP contribution in [0.25, 0.3) is 61.1 Å². The molecule has 8 rings (SSSR count). The van der Waals surface area contributed by atoms with Gasteiger partial charge in [-0.2, -0.15) is 0 Å². The van der Waals surface area contributed by atoms with Gasteiger partial charge in [-0.1, -0.05) is 106 Å². The van der Waals surface area contributed by atoms with Crippen molar-refractivity contribution in [3.8, 4) is 50.8 Å². The third-order valence-electron chi connectivity index (χ3n) is 8.72. The molecule has 0 radical (unpaired) electrons. The summed E-state index contributed by atoms with van der Waals surface area (Å²) in [5.41, 5.74) is 10.4. The molecule has 0 saturated heterocycles. The number of benzene rings is 5. The topological polar surface area (TPSA) is 39.9 Å². The van der Waals surface area contributed by atoms with Crippen molar-refractivity contribution in [2.45, 2.75) is 26.2 Å². The first-order valence-electron chi connectivity index (χ1n) is 16.2. The van der Waals surface area contributed by atoms with Crippen molar-refractivity contribution in [3.05, 3.63) is 164 Å². The van der Waals surface area contributed by atoms with Crippen LogP contribution < -0.4 is 4.74 Å². The minimum atomic E-state index is 0. The van der Waals surface area contributed by atoms with Crippen LogP contribution in [0.5, 0.6) is 11.5 Å². The van der Waals surface area contributed by atoms with Gasteiger partial charge < -0.3 is 19.3 Å². The second-order valence-electron chi connectivity index (χ2n) is 13.0. The van der Waals surface area contributed by atoms with Crippen molar-refractivity contribution in [2.75, 3.05) is 0 Å². The molecule has 49 heavy (non-hydrogen) atoms. The molecular formula is C44H33N3OPt. The Kier molecular flexibility index (Phi) is 8.75. The van der Waals surface area contributed by atoms with Crippen LogP contribution in [0.15, 0.2) is 146 Å². The molecule has 0 aliphatic rings. The van der Waals surface area contributed by atoms with E-state index in [-0.39, 0.29) is 26.5 Å². The third kappa shape index (κ3) is 6.33. The molecule has 0 amide bonds. The Labute approximate surface area is 301 Å². The molecular weight excluding hydrogens is 782 g/mol. The summed E-state index contributed by atoms with van der Waals surface area (Å²) in [6.45, 7) is 6.78. The fraction of sp³-hybridized carbons (Fsp3) is 0.0909. The molecule has 0 bridgehead atoms. The Balaban J connectivity index is 0.00000378. The van der Waals surface area contributed by atoms with E-state index in [0.29, 0.717) is 11.5 Å². The van der Waals surface area contributed by atoms with Crippen LogP contribution in [0, 0.1) is 12.1 Å². The molecule has 0 spiro atoms. The smallest absolute Gasteiger partial charge is 0.497 e. The van der Waals surface area contributed by atoms with E-state index in [1.807, 2.05) is 60.8 Å². The molecule has 5 heteroatoms. The Hall–Kier alpha value is -5.31. The molecule has 8 aromatic rings. The molecule has 4 nitrogen and oxygen atoms in total. The number of para-hydroxylation sites is 1. The molecule has 0 aliphatic carbocycles. The van der Waals surface area contributed by atoms with Crippen LogP contribution in [0.4, 0.5) is 0 Å².